The maximum absolute atomic E-state index is 14.9. The second kappa shape index (κ2) is 7.33. The van der Waals surface area contributed by atoms with Crippen molar-refractivity contribution >= 4 is 28.3 Å². The maximum Gasteiger partial charge on any atom is 0.251 e. The lowest BCUT2D eigenvalue weighted by atomic mass is 10.1. The predicted octanol–water partition coefficient (Wildman–Crippen LogP) is 1.46. The fourth-order valence-electron chi connectivity index (χ4n) is 3.02. The van der Waals surface area contributed by atoms with Crippen LogP contribution in [0.1, 0.15) is 0 Å². The van der Waals surface area contributed by atoms with Crippen molar-refractivity contribution in [2.45, 2.75) is 6.54 Å². The Hall–Kier alpha value is -3.37. The van der Waals surface area contributed by atoms with Crippen LogP contribution in [0.25, 0.3) is 27.8 Å². The molecule has 0 aliphatic rings. The van der Waals surface area contributed by atoms with Gasteiger partial charge in [-0.2, -0.15) is 10.2 Å². The maximum atomic E-state index is 14.9. The van der Waals surface area contributed by atoms with E-state index in [2.05, 4.69) is 20.5 Å². The van der Waals surface area contributed by atoms with Gasteiger partial charge in [-0.15, -0.1) is 0 Å². The average molecular weight is 384 g/mol. The molecule has 10 heteroatoms. The number of aliphatic hydroxyl groups excluding tert-OH is 1. The number of methoxy groups -OCH3 is 1. The number of anilines is 1. The number of carbonyl (C=O) groups is 1. The number of fused-ring (bicyclic) bond motifs is 2. The Morgan fingerprint density at radius 1 is 1.39 bits per heavy atom. The highest BCUT2D eigenvalue weighted by Gasteiger charge is 2.20. The zero-order valence-corrected chi connectivity index (χ0v) is 15.0. The molecule has 1 amide bonds. The summed E-state index contributed by atoms with van der Waals surface area (Å²) in [5.74, 6) is -0.842. The summed E-state index contributed by atoms with van der Waals surface area (Å²) in [5, 5.41) is 20.7. The number of aromatic nitrogens is 5. The molecule has 2 N–H and O–H groups in total. The largest absolute Gasteiger partial charge is 0.394 e. The minimum absolute atomic E-state index is 0.113. The smallest absolute Gasteiger partial charge is 0.251 e. The Kier molecular flexibility index (Phi) is 4.72. The van der Waals surface area contributed by atoms with Crippen LogP contribution in [-0.4, -0.2) is 55.7 Å². The first-order chi connectivity index (χ1) is 13.6. The molecule has 0 aliphatic heterocycles. The minimum atomic E-state index is -0.572. The van der Waals surface area contributed by atoms with Crippen molar-refractivity contribution < 1.29 is 19.0 Å². The average Bonchev–Trinajstić information content (AvgIpc) is 3.24. The molecule has 0 saturated carbocycles. The van der Waals surface area contributed by atoms with Gasteiger partial charge in [0.15, 0.2) is 17.3 Å². The van der Waals surface area contributed by atoms with Crippen molar-refractivity contribution in [1.82, 2.24) is 24.4 Å². The minimum Gasteiger partial charge on any atom is -0.394 e. The van der Waals surface area contributed by atoms with Crippen molar-refractivity contribution in [3.05, 3.63) is 42.5 Å². The predicted molar refractivity (Wildman–Crippen MR) is 99.3 cm³/mol. The molecule has 4 aromatic rings. The van der Waals surface area contributed by atoms with Crippen LogP contribution in [0.2, 0.25) is 0 Å². The Balaban J connectivity index is 1.87. The Morgan fingerprint density at radius 3 is 3.04 bits per heavy atom. The van der Waals surface area contributed by atoms with Gasteiger partial charge in [-0.1, -0.05) is 6.07 Å². The zero-order valence-electron chi connectivity index (χ0n) is 15.0. The van der Waals surface area contributed by atoms with Gasteiger partial charge >= 0.3 is 0 Å². The summed E-state index contributed by atoms with van der Waals surface area (Å²) >= 11 is 0. The summed E-state index contributed by atoms with van der Waals surface area (Å²) in [6, 6.07) is 6.74. The monoisotopic (exact) mass is 384 g/mol. The molecule has 0 fully saturated rings. The number of amides is 1. The lowest BCUT2D eigenvalue weighted by Gasteiger charge is -2.04. The lowest BCUT2D eigenvalue weighted by Crippen LogP contribution is -2.17. The summed E-state index contributed by atoms with van der Waals surface area (Å²) in [5.41, 5.74) is 1.69. The number of ether oxygens (including phenoxy) is 1. The molecule has 4 rings (SSSR count). The molecular formula is C18H17FN6O3. The third kappa shape index (κ3) is 3.08. The molecule has 0 atom stereocenters. The van der Waals surface area contributed by atoms with Gasteiger partial charge in [0, 0.05) is 18.9 Å². The number of pyridine rings is 2. The number of rotatable bonds is 6. The van der Waals surface area contributed by atoms with Crippen molar-refractivity contribution in [1.29, 1.82) is 0 Å². The first kappa shape index (κ1) is 18.0. The summed E-state index contributed by atoms with van der Waals surface area (Å²) in [7, 11) is 1.39. The van der Waals surface area contributed by atoms with E-state index in [1.54, 1.807) is 16.9 Å². The third-order valence-corrected chi connectivity index (χ3v) is 4.20. The molecule has 0 unspecified atom stereocenters. The van der Waals surface area contributed by atoms with Crippen LogP contribution >= 0.6 is 0 Å². The van der Waals surface area contributed by atoms with Gasteiger partial charge in [0.05, 0.1) is 30.3 Å². The number of aliphatic hydroxyl groups is 1. The van der Waals surface area contributed by atoms with Gasteiger partial charge in [0.25, 0.3) is 5.91 Å². The van der Waals surface area contributed by atoms with Crippen molar-refractivity contribution in [3.63, 3.8) is 0 Å². The van der Waals surface area contributed by atoms with Crippen LogP contribution in [0.3, 0.4) is 0 Å². The topological polar surface area (TPSA) is 107 Å². The number of nitrogens with zero attached hydrogens (tertiary/aromatic N) is 5. The molecule has 9 nitrogen and oxygen atoms in total. The van der Waals surface area contributed by atoms with Crippen molar-refractivity contribution in [2.75, 3.05) is 25.6 Å². The van der Waals surface area contributed by atoms with E-state index >= 15 is 0 Å². The molecule has 28 heavy (non-hydrogen) atoms. The SMILES string of the molecule is COCC(=O)Nc1nn(CCO)c2nc(-c3cnn4ccccc34)c(F)cc12. The Bertz CT molecular complexity index is 1170. The lowest BCUT2D eigenvalue weighted by molar-refractivity contribution is -0.119. The van der Waals surface area contributed by atoms with E-state index in [4.69, 9.17) is 4.74 Å². The van der Waals surface area contributed by atoms with Gasteiger partial charge in [0.1, 0.15) is 12.3 Å². The van der Waals surface area contributed by atoms with Gasteiger partial charge in [0.2, 0.25) is 0 Å². The second-order valence-electron chi connectivity index (χ2n) is 6.06. The van der Waals surface area contributed by atoms with Crippen molar-refractivity contribution in [2.24, 2.45) is 0 Å². The molecule has 0 aliphatic carbocycles. The summed E-state index contributed by atoms with van der Waals surface area (Å²) in [6.45, 7) is -0.207. The van der Waals surface area contributed by atoms with E-state index in [9.17, 15) is 14.3 Å². The summed E-state index contributed by atoms with van der Waals surface area (Å²) in [6.07, 6.45) is 3.30. The number of hydrogen-bond acceptors (Lipinski definition) is 6. The highest BCUT2D eigenvalue weighted by Crippen LogP contribution is 2.30. The Morgan fingerprint density at radius 2 is 2.25 bits per heavy atom. The second-order valence-corrected chi connectivity index (χ2v) is 6.06. The molecule has 0 aromatic carbocycles. The van der Waals surface area contributed by atoms with Crippen LogP contribution < -0.4 is 5.32 Å². The van der Waals surface area contributed by atoms with Crippen molar-refractivity contribution in [3.8, 4) is 11.3 Å². The first-order valence-electron chi connectivity index (χ1n) is 8.52. The van der Waals surface area contributed by atoms with Gasteiger partial charge in [-0.3, -0.25) is 4.79 Å². The highest BCUT2D eigenvalue weighted by atomic mass is 19.1. The number of nitrogens with one attached hydrogen (secondary N) is 1. The fraction of sp³-hybridized carbons (Fsp3) is 0.222. The van der Waals surface area contributed by atoms with E-state index in [0.29, 0.717) is 22.1 Å². The molecule has 0 saturated heterocycles. The quantitative estimate of drug-likeness (QED) is 0.521. The summed E-state index contributed by atoms with van der Waals surface area (Å²) < 4.78 is 22.8. The normalized spacial score (nSPS) is 11.4. The van der Waals surface area contributed by atoms with Gasteiger partial charge < -0.3 is 15.2 Å². The van der Waals surface area contributed by atoms with E-state index < -0.39 is 11.7 Å². The van der Waals surface area contributed by atoms with Crippen LogP contribution in [0.15, 0.2) is 36.7 Å². The fourth-order valence-corrected chi connectivity index (χ4v) is 3.02. The van der Waals surface area contributed by atoms with E-state index in [1.165, 1.54) is 17.9 Å². The van der Waals surface area contributed by atoms with Gasteiger partial charge in [-0.05, 0) is 18.2 Å². The molecule has 4 heterocycles. The third-order valence-electron chi connectivity index (χ3n) is 4.20. The van der Waals surface area contributed by atoms with Crippen LogP contribution in [0.5, 0.6) is 0 Å². The van der Waals surface area contributed by atoms with Gasteiger partial charge in [-0.25, -0.2) is 18.6 Å². The Labute approximate surface area is 158 Å². The molecule has 0 spiro atoms. The molecule has 0 radical (unpaired) electrons. The zero-order chi connectivity index (χ0) is 19.7. The van der Waals surface area contributed by atoms with E-state index in [0.717, 1.165) is 0 Å². The number of hydrogen-bond donors (Lipinski definition) is 2. The van der Waals surface area contributed by atoms with E-state index in [-0.39, 0.29) is 31.3 Å². The van der Waals surface area contributed by atoms with Crippen LogP contribution in [0, 0.1) is 5.82 Å². The number of halogens is 1. The first-order valence-corrected chi connectivity index (χ1v) is 8.52. The van der Waals surface area contributed by atoms with Crippen LogP contribution in [-0.2, 0) is 16.1 Å². The van der Waals surface area contributed by atoms with E-state index in [1.807, 2.05) is 18.2 Å². The number of carbonyl (C=O) groups excluding carboxylic acids is 1. The van der Waals surface area contributed by atoms with Crippen LogP contribution in [0.4, 0.5) is 10.2 Å². The standard InChI is InChI=1S/C18H17FN6O3/c1-28-10-15(27)21-17-11-8-13(19)16(22-18(11)25(23-17)6-7-26)12-9-20-24-5-3-2-4-14(12)24/h2-5,8-9,26H,6-7,10H2,1H3,(H,21,23,27). The summed E-state index contributed by atoms with van der Waals surface area (Å²) in [4.78, 5) is 16.3. The molecule has 4 aromatic heterocycles. The molecule has 144 valence electrons. The molecular weight excluding hydrogens is 367 g/mol. The highest BCUT2D eigenvalue weighted by molar-refractivity contribution is 6.00. The molecule has 0 bridgehead atoms.